The second kappa shape index (κ2) is 8.07. The number of nitrogens with zero attached hydrogens (tertiary/aromatic N) is 4. The normalized spacial score (nSPS) is 20.0. The summed E-state index contributed by atoms with van der Waals surface area (Å²) in [6, 6.07) is 8.77. The van der Waals surface area contributed by atoms with Gasteiger partial charge in [0.1, 0.15) is 17.5 Å². The van der Waals surface area contributed by atoms with Crippen LogP contribution in [0.15, 0.2) is 42.9 Å². The van der Waals surface area contributed by atoms with E-state index in [1.165, 1.54) is 5.52 Å². The number of carbonyl (C=O) groups excluding carboxylic acids is 1. The predicted octanol–water partition coefficient (Wildman–Crippen LogP) is 3.38. The average Bonchev–Trinajstić information content (AvgIpc) is 3.44. The summed E-state index contributed by atoms with van der Waals surface area (Å²) in [4.78, 5) is 22.9. The van der Waals surface area contributed by atoms with E-state index in [4.69, 9.17) is 9.47 Å². The van der Waals surface area contributed by atoms with Crippen molar-refractivity contribution in [2.24, 2.45) is 0 Å². The summed E-state index contributed by atoms with van der Waals surface area (Å²) in [7, 11) is 0. The van der Waals surface area contributed by atoms with Crippen molar-refractivity contribution in [1.82, 2.24) is 19.4 Å². The van der Waals surface area contributed by atoms with E-state index in [0.29, 0.717) is 24.8 Å². The average molecular weight is 406 g/mol. The van der Waals surface area contributed by atoms with Gasteiger partial charge in [0.15, 0.2) is 0 Å². The van der Waals surface area contributed by atoms with Gasteiger partial charge in [-0.3, -0.25) is 9.78 Å². The maximum Gasteiger partial charge on any atom is 0.274 e. The van der Waals surface area contributed by atoms with Crippen LogP contribution in [0.5, 0.6) is 5.75 Å². The molecule has 0 bridgehead atoms. The first-order chi connectivity index (χ1) is 14.7. The number of amides is 1. The topological polar surface area (TPSA) is 69.5 Å². The lowest BCUT2D eigenvalue weighted by molar-refractivity contribution is 0.0592. The molecular formula is C23H26N4O3. The first-order valence-corrected chi connectivity index (χ1v) is 10.6. The molecule has 0 N–H and O–H groups in total. The van der Waals surface area contributed by atoms with E-state index in [1.54, 1.807) is 12.4 Å². The number of likely N-dealkylation sites (tertiary alicyclic amines) is 1. The minimum atomic E-state index is -0.0566. The zero-order chi connectivity index (χ0) is 20.5. The third-order valence-corrected chi connectivity index (χ3v) is 6.05. The smallest absolute Gasteiger partial charge is 0.274 e. The van der Waals surface area contributed by atoms with Gasteiger partial charge < -0.3 is 18.9 Å². The van der Waals surface area contributed by atoms with Crippen LogP contribution in [0.3, 0.4) is 0 Å². The van der Waals surface area contributed by atoms with Crippen molar-refractivity contribution in [3.05, 3.63) is 54.2 Å². The third-order valence-electron chi connectivity index (χ3n) is 6.05. The maximum atomic E-state index is 12.6. The molecule has 2 aliphatic rings. The molecule has 0 saturated carbocycles. The first-order valence-electron chi connectivity index (χ1n) is 10.6. The van der Waals surface area contributed by atoms with Gasteiger partial charge in [-0.15, -0.1) is 0 Å². The van der Waals surface area contributed by atoms with Gasteiger partial charge in [-0.2, -0.15) is 0 Å². The molecule has 156 valence electrons. The second-order valence-electron chi connectivity index (χ2n) is 8.08. The number of hydrogen-bond acceptors (Lipinski definition) is 5. The molecule has 2 fully saturated rings. The fraction of sp³-hybridized carbons (Fsp3) is 0.435. The van der Waals surface area contributed by atoms with Crippen LogP contribution in [0.2, 0.25) is 0 Å². The Morgan fingerprint density at radius 1 is 1.13 bits per heavy atom. The molecule has 2 aromatic heterocycles. The molecule has 1 aromatic carbocycles. The van der Waals surface area contributed by atoms with Gasteiger partial charge in [-0.25, -0.2) is 4.98 Å². The number of ether oxygens (including phenoxy) is 2. The summed E-state index contributed by atoms with van der Waals surface area (Å²) in [6.45, 7) is 4.78. The third kappa shape index (κ3) is 3.65. The Balaban J connectivity index is 1.25. The minimum Gasteiger partial charge on any atom is -0.490 e. The van der Waals surface area contributed by atoms with Gasteiger partial charge in [0.05, 0.1) is 30.1 Å². The molecule has 0 spiro atoms. The van der Waals surface area contributed by atoms with Crippen LogP contribution in [0.25, 0.3) is 10.9 Å². The summed E-state index contributed by atoms with van der Waals surface area (Å²) in [5.74, 6) is 0.859. The molecule has 0 radical (unpaired) electrons. The lowest BCUT2D eigenvalue weighted by Gasteiger charge is -2.32. The molecule has 1 amide bonds. The molecule has 7 nitrogen and oxygen atoms in total. The number of aryl methyl sites for hydroxylation is 1. The first kappa shape index (κ1) is 19.1. The molecule has 4 heterocycles. The molecule has 5 rings (SSSR count). The lowest BCUT2D eigenvalue weighted by atomic mass is 10.1. The van der Waals surface area contributed by atoms with Gasteiger partial charge in [0.2, 0.25) is 0 Å². The van der Waals surface area contributed by atoms with E-state index in [1.807, 2.05) is 17.9 Å². The zero-order valence-electron chi connectivity index (χ0n) is 17.2. The van der Waals surface area contributed by atoms with Crippen LogP contribution in [0.1, 0.15) is 41.5 Å². The van der Waals surface area contributed by atoms with Gasteiger partial charge in [0, 0.05) is 50.3 Å². The van der Waals surface area contributed by atoms with Crippen LogP contribution < -0.4 is 4.74 Å². The summed E-state index contributed by atoms with van der Waals surface area (Å²) in [6.07, 6.45) is 8.08. The number of benzene rings is 1. The van der Waals surface area contributed by atoms with E-state index in [-0.39, 0.29) is 12.0 Å². The maximum absolute atomic E-state index is 12.6. The van der Waals surface area contributed by atoms with Crippen LogP contribution in [-0.2, 0) is 4.74 Å². The number of aromatic nitrogens is 3. The molecule has 1 atom stereocenters. The van der Waals surface area contributed by atoms with Crippen LogP contribution in [-0.4, -0.2) is 57.7 Å². The molecular weight excluding hydrogens is 380 g/mol. The van der Waals surface area contributed by atoms with Crippen LogP contribution in [0, 0.1) is 6.92 Å². The minimum absolute atomic E-state index is 0.0566. The van der Waals surface area contributed by atoms with Gasteiger partial charge in [-0.1, -0.05) is 6.07 Å². The van der Waals surface area contributed by atoms with Crippen LogP contribution >= 0.6 is 0 Å². The molecule has 1 unspecified atom stereocenters. The van der Waals surface area contributed by atoms with Crippen molar-refractivity contribution >= 4 is 16.8 Å². The predicted molar refractivity (Wildman–Crippen MR) is 113 cm³/mol. The van der Waals surface area contributed by atoms with Crippen molar-refractivity contribution in [3.8, 4) is 5.75 Å². The SMILES string of the molecule is Cc1cnc(C(=O)N2CCC(Oc3cccc4c3ccn4C3CCOC3)CC2)cn1. The Kier molecular flexibility index (Phi) is 5.12. The summed E-state index contributed by atoms with van der Waals surface area (Å²) in [5.41, 5.74) is 2.40. The molecule has 3 aromatic rings. The number of piperidine rings is 1. The van der Waals surface area contributed by atoms with Gasteiger partial charge in [-0.05, 0) is 31.5 Å². The largest absolute Gasteiger partial charge is 0.490 e. The summed E-state index contributed by atoms with van der Waals surface area (Å²) < 4.78 is 14.2. The Labute approximate surface area is 175 Å². The lowest BCUT2D eigenvalue weighted by Crippen LogP contribution is -2.42. The van der Waals surface area contributed by atoms with Crippen molar-refractivity contribution in [3.63, 3.8) is 0 Å². The second-order valence-corrected chi connectivity index (χ2v) is 8.08. The number of rotatable bonds is 4. The van der Waals surface area contributed by atoms with E-state index < -0.39 is 0 Å². The molecule has 2 aliphatic heterocycles. The van der Waals surface area contributed by atoms with E-state index >= 15 is 0 Å². The molecule has 0 aliphatic carbocycles. The Morgan fingerprint density at radius 3 is 2.73 bits per heavy atom. The Bertz CT molecular complexity index is 1030. The zero-order valence-corrected chi connectivity index (χ0v) is 17.2. The summed E-state index contributed by atoms with van der Waals surface area (Å²) in [5, 5.41) is 1.14. The van der Waals surface area contributed by atoms with Crippen molar-refractivity contribution < 1.29 is 14.3 Å². The summed E-state index contributed by atoms with van der Waals surface area (Å²) >= 11 is 0. The van der Waals surface area contributed by atoms with Crippen molar-refractivity contribution in [2.75, 3.05) is 26.3 Å². The van der Waals surface area contributed by atoms with Gasteiger partial charge >= 0.3 is 0 Å². The van der Waals surface area contributed by atoms with Gasteiger partial charge in [0.25, 0.3) is 5.91 Å². The Morgan fingerprint density at radius 2 is 2.00 bits per heavy atom. The number of fused-ring (bicyclic) bond motifs is 1. The highest BCUT2D eigenvalue weighted by Crippen LogP contribution is 2.32. The van der Waals surface area contributed by atoms with Crippen molar-refractivity contribution in [2.45, 2.75) is 38.3 Å². The highest BCUT2D eigenvalue weighted by Gasteiger charge is 2.26. The fourth-order valence-electron chi connectivity index (χ4n) is 4.34. The molecule has 7 heteroatoms. The standard InChI is InChI=1S/C23H26N4O3/c1-16-13-25-20(14-24-16)23(28)26-9-5-18(6-10-26)30-22-4-2-3-21-19(22)7-11-27(21)17-8-12-29-15-17/h2-4,7,11,13-14,17-18H,5-6,8-10,12,15H2,1H3. The monoisotopic (exact) mass is 406 g/mol. The molecule has 30 heavy (non-hydrogen) atoms. The fourth-order valence-corrected chi connectivity index (χ4v) is 4.34. The van der Waals surface area contributed by atoms with Crippen molar-refractivity contribution in [1.29, 1.82) is 0 Å². The van der Waals surface area contributed by atoms with E-state index in [2.05, 4.69) is 38.9 Å². The highest BCUT2D eigenvalue weighted by atomic mass is 16.5. The quantitative estimate of drug-likeness (QED) is 0.664. The number of hydrogen-bond donors (Lipinski definition) is 0. The van der Waals surface area contributed by atoms with Crippen LogP contribution in [0.4, 0.5) is 0 Å². The van der Waals surface area contributed by atoms with E-state index in [9.17, 15) is 4.79 Å². The molecule has 2 saturated heterocycles. The Hall–Kier alpha value is -2.93. The van der Waals surface area contributed by atoms with E-state index in [0.717, 1.165) is 49.3 Å². The number of carbonyl (C=O) groups is 1. The highest BCUT2D eigenvalue weighted by molar-refractivity contribution is 5.92.